The second-order valence-corrected chi connectivity index (χ2v) is 5.32. The number of aryl methyl sites for hydroxylation is 1. The van der Waals surface area contributed by atoms with Gasteiger partial charge in [0.25, 0.3) is 0 Å². The minimum absolute atomic E-state index is 0.493. The molecule has 23 heavy (non-hydrogen) atoms. The zero-order valence-electron chi connectivity index (χ0n) is 13.1. The van der Waals surface area contributed by atoms with Crippen molar-refractivity contribution < 1.29 is 9.47 Å². The molecule has 0 amide bonds. The van der Waals surface area contributed by atoms with E-state index < -0.39 is 0 Å². The maximum Gasteiger partial charge on any atom is 0.179 e. The Balaban J connectivity index is 1.70. The van der Waals surface area contributed by atoms with Gasteiger partial charge in [0, 0.05) is 11.8 Å². The standard InChI is InChI=1S/C20H19NO2/c1-16-12-19(22-14-17-8-4-2-5-9-17)20(13-21-16)23-15-18-10-6-3-7-11-18/h2-13H,14-15H2,1H3. The summed E-state index contributed by atoms with van der Waals surface area (Å²) in [6.07, 6.45) is 1.72. The summed E-state index contributed by atoms with van der Waals surface area (Å²) in [5.41, 5.74) is 3.14. The van der Waals surface area contributed by atoms with Crippen molar-refractivity contribution in [2.45, 2.75) is 20.1 Å². The van der Waals surface area contributed by atoms with Crippen LogP contribution in [-0.4, -0.2) is 4.98 Å². The van der Waals surface area contributed by atoms with Gasteiger partial charge in [0.2, 0.25) is 0 Å². The van der Waals surface area contributed by atoms with E-state index in [1.807, 2.05) is 73.7 Å². The van der Waals surface area contributed by atoms with Crippen LogP contribution in [0.15, 0.2) is 72.9 Å². The molecule has 0 saturated carbocycles. The molecule has 0 spiro atoms. The lowest BCUT2D eigenvalue weighted by Crippen LogP contribution is -2.01. The Hall–Kier alpha value is -2.81. The Labute approximate surface area is 136 Å². The number of hydrogen-bond donors (Lipinski definition) is 0. The summed E-state index contributed by atoms with van der Waals surface area (Å²) in [6, 6.07) is 22.0. The van der Waals surface area contributed by atoms with Gasteiger partial charge in [0.1, 0.15) is 13.2 Å². The second-order valence-electron chi connectivity index (χ2n) is 5.32. The molecule has 116 valence electrons. The third kappa shape index (κ3) is 4.33. The highest BCUT2D eigenvalue weighted by atomic mass is 16.5. The molecular weight excluding hydrogens is 286 g/mol. The highest BCUT2D eigenvalue weighted by molar-refractivity contribution is 5.39. The molecular formula is C20H19NO2. The maximum absolute atomic E-state index is 5.93. The molecule has 0 unspecified atom stereocenters. The number of aromatic nitrogens is 1. The molecule has 0 aliphatic rings. The van der Waals surface area contributed by atoms with Gasteiger partial charge in [-0.25, -0.2) is 0 Å². The van der Waals surface area contributed by atoms with Crippen molar-refractivity contribution in [1.82, 2.24) is 4.98 Å². The fourth-order valence-corrected chi connectivity index (χ4v) is 2.21. The SMILES string of the molecule is Cc1cc(OCc2ccccc2)c(OCc2ccccc2)cn1. The van der Waals surface area contributed by atoms with Crippen LogP contribution in [0, 0.1) is 6.92 Å². The van der Waals surface area contributed by atoms with Crippen molar-refractivity contribution in [3.63, 3.8) is 0 Å². The van der Waals surface area contributed by atoms with Gasteiger partial charge >= 0.3 is 0 Å². The highest BCUT2D eigenvalue weighted by Crippen LogP contribution is 2.28. The van der Waals surface area contributed by atoms with Crippen molar-refractivity contribution >= 4 is 0 Å². The van der Waals surface area contributed by atoms with Crippen LogP contribution in [0.3, 0.4) is 0 Å². The van der Waals surface area contributed by atoms with E-state index >= 15 is 0 Å². The molecule has 0 bridgehead atoms. The monoisotopic (exact) mass is 305 g/mol. The zero-order valence-corrected chi connectivity index (χ0v) is 13.1. The van der Waals surface area contributed by atoms with Gasteiger partial charge < -0.3 is 9.47 Å². The van der Waals surface area contributed by atoms with E-state index in [4.69, 9.17) is 9.47 Å². The zero-order chi connectivity index (χ0) is 15.9. The molecule has 3 heteroatoms. The van der Waals surface area contributed by atoms with Gasteiger partial charge in [-0.05, 0) is 18.1 Å². The number of rotatable bonds is 6. The van der Waals surface area contributed by atoms with Crippen molar-refractivity contribution in [2.75, 3.05) is 0 Å². The predicted octanol–water partition coefficient (Wildman–Crippen LogP) is 4.55. The van der Waals surface area contributed by atoms with Crippen molar-refractivity contribution in [1.29, 1.82) is 0 Å². The number of pyridine rings is 1. The lowest BCUT2D eigenvalue weighted by molar-refractivity contribution is 0.254. The molecule has 0 aliphatic carbocycles. The minimum atomic E-state index is 0.493. The van der Waals surface area contributed by atoms with E-state index in [1.54, 1.807) is 6.20 Å². The summed E-state index contributed by atoms with van der Waals surface area (Å²) in [7, 11) is 0. The summed E-state index contributed by atoms with van der Waals surface area (Å²) in [5.74, 6) is 1.38. The molecule has 3 rings (SSSR count). The van der Waals surface area contributed by atoms with Gasteiger partial charge in [-0.15, -0.1) is 0 Å². The van der Waals surface area contributed by atoms with Crippen molar-refractivity contribution in [2.24, 2.45) is 0 Å². The summed E-state index contributed by atoms with van der Waals surface area (Å²) in [4.78, 5) is 4.30. The van der Waals surface area contributed by atoms with Gasteiger partial charge in [-0.2, -0.15) is 0 Å². The molecule has 2 aromatic carbocycles. The van der Waals surface area contributed by atoms with E-state index in [1.165, 1.54) is 0 Å². The molecule has 3 nitrogen and oxygen atoms in total. The van der Waals surface area contributed by atoms with Crippen molar-refractivity contribution in [3.05, 3.63) is 89.7 Å². The van der Waals surface area contributed by atoms with Gasteiger partial charge in [-0.3, -0.25) is 4.98 Å². The average molecular weight is 305 g/mol. The molecule has 0 aliphatic heterocycles. The van der Waals surface area contributed by atoms with Crippen LogP contribution in [-0.2, 0) is 13.2 Å². The lowest BCUT2D eigenvalue weighted by atomic mass is 10.2. The fraction of sp³-hybridized carbons (Fsp3) is 0.150. The van der Waals surface area contributed by atoms with Crippen LogP contribution in [0.4, 0.5) is 0 Å². The molecule has 1 aromatic heterocycles. The summed E-state index contributed by atoms with van der Waals surface area (Å²) in [5, 5.41) is 0. The Morgan fingerprint density at radius 1 is 0.739 bits per heavy atom. The first-order valence-corrected chi connectivity index (χ1v) is 7.61. The topological polar surface area (TPSA) is 31.4 Å². The quantitative estimate of drug-likeness (QED) is 0.669. The maximum atomic E-state index is 5.93. The molecule has 1 heterocycles. The van der Waals surface area contributed by atoms with E-state index in [0.29, 0.717) is 19.0 Å². The van der Waals surface area contributed by atoms with Crippen LogP contribution in [0.5, 0.6) is 11.5 Å². The molecule has 0 N–H and O–H groups in total. The Morgan fingerprint density at radius 3 is 1.83 bits per heavy atom. The number of hydrogen-bond acceptors (Lipinski definition) is 3. The van der Waals surface area contributed by atoms with Gasteiger partial charge in [-0.1, -0.05) is 60.7 Å². The van der Waals surface area contributed by atoms with Crippen LogP contribution in [0.1, 0.15) is 16.8 Å². The van der Waals surface area contributed by atoms with Gasteiger partial charge in [0.05, 0.1) is 6.20 Å². The van der Waals surface area contributed by atoms with Crippen LogP contribution < -0.4 is 9.47 Å². The Morgan fingerprint density at radius 2 is 1.26 bits per heavy atom. The first-order valence-electron chi connectivity index (χ1n) is 7.61. The molecule has 0 fully saturated rings. The number of nitrogens with zero attached hydrogens (tertiary/aromatic N) is 1. The minimum Gasteiger partial charge on any atom is -0.485 e. The van der Waals surface area contributed by atoms with Crippen LogP contribution >= 0.6 is 0 Å². The van der Waals surface area contributed by atoms with Gasteiger partial charge in [0.15, 0.2) is 11.5 Å². The molecule has 3 aromatic rings. The lowest BCUT2D eigenvalue weighted by Gasteiger charge is -2.13. The number of ether oxygens (including phenoxy) is 2. The highest BCUT2D eigenvalue weighted by Gasteiger charge is 2.07. The average Bonchev–Trinajstić information content (AvgIpc) is 2.61. The summed E-state index contributed by atoms with van der Waals surface area (Å²) < 4.78 is 11.8. The normalized spacial score (nSPS) is 10.3. The van der Waals surface area contributed by atoms with Crippen molar-refractivity contribution in [3.8, 4) is 11.5 Å². The number of benzene rings is 2. The smallest absolute Gasteiger partial charge is 0.179 e. The van der Waals surface area contributed by atoms with E-state index in [9.17, 15) is 0 Å². The third-order valence-corrected chi connectivity index (χ3v) is 3.44. The fourth-order valence-electron chi connectivity index (χ4n) is 2.21. The summed E-state index contributed by atoms with van der Waals surface area (Å²) in [6.45, 7) is 2.94. The first-order chi connectivity index (χ1) is 11.3. The van der Waals surface area contributed by atoms with Crippen LogP contribution in [0.25, 0.3) is 0 Å². The largest absolute Gasteiger partial charge is 0.485 e. The molecule has 0 atom stereocenters. The van der Waals surface area contributed by atoms with E-state index in [-0.39, 0.29) is 0 Å². The van der Waals surface area contributed by atoms with E-state index in [2.05, 4.69) is 4.98 Å². The first kappa shape index (κ1) is 15.1. The predicted molar refractivity (Wildman–Crippen MR) is 90.5 cm³/mol. The molecule has 0 radical (unpaired) electrons. The second kappa shape index (κ2) is 7.45. The van der Waals surface area contributed by atoms with E-state index in [0.717, 1.165) is 22.6 Å². The third-order valence-electron chi connectivity index (χ3n) is 3.44. The Kier molecular flexibility index (Phi) is 4.89. The van der Waals surface area contributed by atoms with Crippen LogP contribution in [0.2, 0.25) is 0 Å². The Bertz CT molecular complexity index is 742. The summed E-state index contributed by atoms with van der Waals surface area (Å²) >= 11 is 0. The molecule has 0 saturated heterocycles.